The number of sulfone groups is 1. The summed E-state index contributed by atoms with van der Waals surface area (Å²) in [7, 11) is -3.28. The van der Waals surface area contributed by atoms with E-state index in [9.17, 15) is 13.2 Å². The second kappa shape index (κ2) is 3.42. The summed E-state index contributed by atoms with van der Waals surface area (Å²) in [6, 6.07) is 4.32. The van der Waals surface area contributed by atoms with Crippen LogP contribution in [-0.2, 0) is 9.84 Å². The van der Waals surface area contributed by atoms with E-state index in [0.29, 0.717) is 5.56 Å². The second-order valence-corrected chi connectivity index (χ2v) is 5.13. The zero-order valence-corrected chi connectivity index (χ0v) is 8.76. The van der Waals surface area contributed by atoms with Gasteiger partial charge in [0.2, 0.25) is 5.91 Å². The average Bonchev–Trinajstić information content (AvgIpc) is 2.02. The van der Waals surface area contributed by atoms with Crippen molar-refractivity contribution in [2.45, 2.75) is 11.8 Å². The maximum Gasteiger partial charge on any atom is 0.249 e. The van der Waals surface area contributed by atoms with Crippen molar-refractivity contribution in [3.63, 3.8) is 0 Å². The molecule has 0 heterocycles. The summed E-state index contributed by atoms with van der Waals surface area (Å²) < 4.78 is 22.3. The van der Waals surface area contributed by atoms with E-state index in [1.54, 1.807) is 13.0 Å². The standard InChI is InChI=1S/C9H11NO3S/c1-6-3-4-7(14(2,12)13)5-8(6)9(10)11/h3-5H,1-2H3,(H2,10,11). The summed E-state index contributed by atoms with van der Waals surface area (Å²) in [5.41, 5.74) is 6.01. The zero-order chi connectivity index (χ0) is 10.9. The molecule has 0 unspecified atom stereocenters. The fourth-order valence-electron chi connectivity index (χ4n) is 1.10. The smallest absolute Gasteiger partial charge is 0.249 e. The number of rotatable bonds is 2. The average molecular weight is 213 g/mol. The van der Waals surface area contributed by atoms with E-state index in [-0.39, 0.29) is 10.5 Å². The molecular weight excluding hydrogens is 202 g/mol. The molecule has 2 N–H and O–H groups in total. The third-order valence-corrected chi connectivity index (χ3v) is 3.01. The minimum Gasteiger partial charge on any atom is -0.366 e. The number of carbonyl (C=O) groups excluding carboxylic acids is 1. The summed E-state index contributed by atoms with van der Waals surface area (Å²) in [6.07, 6.45) is 1.09. The maximum absolute atomic E-state index is 11.2. The number of hydrogen-bond donors (Lipinski definition) is 1. The van der Waals surface area contributed by atoms with E-state index < -0.39 is 15.7 Å². The summed E-state index contributed by atoms with van der Waals surface area (Å²) in [5.74, 6) is -0.618. The summed E-state index contributed by atoms with van der Waals surface area (Å²) in [4.78, 5) is 11.0. The van der Waals surface area contributed by atoms with E-state index in [4.69, 9.17) is 5.73 Å². The quantitative estimate of drug-likeness (QED) is 0.777. The van der Waals surface area contributed by atoms with Crippen molar-refractivity contribution < 1.29 is 13.2 Å². The summed E-state index contributed by atoms with van der Waals surface area (Å²) >= 11 is 0. The topological polar surface area (TPSA) is 77.2 Å². The van der Waals surface area contributed by atoms with Gasteiger partial charge in [0.1, 0.15) is 0 Å². The molecule has 0 fully saturated rings. The maximum atomic E-state index is 11.2. The van der Waals surface area contributed by atoms with Crippen LogP contribution in [0, 0.1) is 6.92 Å². The molecule has 0 radical (unpaired) electrons. The molecule has 76 valence electrons. The Hall–Kier alpha value is -1.36. The molecule has 1 rings (SSSR count). The van der Waals surface area contributed by atoms with Gasteiger partial charge in [0.05, 0.1) is 4.90 Å². The van der Waals surface area contributed by atoms with Gasteiger partial charge in [-0.1, -0.05) is 6.07 Å². The Morgan fingerprint density at radius 2 is 1.93 bits per heavy atom. The van der Waals surface area contributed by atoms with Gasteiger partial charge in [-0.05, 0) is 24.6 Å². The van der Waals surface area contributed by atoms with Crippen molar-refractivity contribution in [1.82, 2.24) is 0 Å². The van der Waals surface area contributed by atoms with Crippen LogP contribution >= 0.6 is 0 Å². The van der Waals surface area contributed by atoms with Crippen LogP contribution < -0.4 is 5.73 Å². The lowest BCUT2D eigenvalue weighted by atomic mass is 10.1. The molecule has 1 amide bonds. The van der Waals surface area contributed by atoms with Gasteiger partial charge >= 0.3 is 0 Å². The van der Waals surface area contributed by atoms with E-state index in [1.807, 2.05) is 0 Å². The Morgan fingerprint density at radius 1 is 1.36 bits per heavy atom. The van der Waals surface area contributed by atoms with Crippen molar-refractivity contribution in [2.75, 3.05) is 6.26 Å². The lowest BCUT2D eigenvalue weighted by Gasteiger charge is -2.03. The van der Waals surface area contributed by atoms with Crippen LogP contribution in [0.5, 0.6) is 0 Å². The van der Waals surface area contributed by atoms with Crippen molar-refractivity contribution in [3.8, 4) is 0 Å². The normalized spacial score (nSPS) is 11.3. The van der Waals surface area contributed by atoms with Crippen LogP contribution in [0.15, 0.2) is 23.1 Å². The molecule has 0 bridgehead atoms. The van der Waals surface area contributed by atoms with Crippen LogP contribution in [0.4, 0.5) is 0 Å². The van der Waals surface area contributed by atoms with Gasteiger partial charge in [0.15, 0.2) is 9.84 Å². The van der Waals surface area contributed by atoms with Crippen LogP contribution in [0.2, 0.25) is 0 Å². The highest BCUT2D eigenvalue weighted by Gasteiger charge is 2.11. The Balaban J connectivity index is 3.42. The summed E-state index contributed by atoms with van der Waals surface area (Å²) in [6.45, 7) is 1.70. The number of carbonyl (C=O) groups is 1. The highest BCUT2D eigenvalue weighted by Crippen LogP contribution is 2.14. The van der Waals surface area contributed by atoms with Crippen LogP contribution in [-0.4, -0.2) is 20.6 Å². The van der Waals surface area contributed by atoms with Crippen LogP contribution in [0.25, 0.3) is 0 Å². The molecule has 0 saturated carbocycles. The van der Waals surface area contributed by atoms with Crippen LogP contribution in [0.3, 0.4) is 0 Å². The SMILES string of the molecule is Cc1ccc(S(C)(=O)=O)cc1C(N)=O. The molecule has 0 spiro atoms. The number of aryl methyl sites for hydroxylation is 1. The van der Waals surface area contributed by atoms with Crippen molar-refractivity contribution in [3.05, 3.63) is 29.3 Å². The third kappa shape index (κ3) is 2.11. The highest BCUT2D eigenvalue weighted by molar-refractivity contribution is 7.90. The molecular formula is C9H11NO3S. The van der Waals surface area contributed by atoms with Gasteiger partial charge in [0, 0.05) is 11.8 Å². The molecule has 4 nitrogen and oxygen atoms in total. The number of hydrogen-bond acceptors (Lipinski definition) is 3. The van der Waals surface area contributed by atoms with Gasteiger partial charge in [0.25, 0.3) is 0 Å². The lowest BCUT2D eigenvalue weighted by Crippen LogP contribution is -2.13. The molecule has 1 aromatic carbocycles. The molecule has 0 aromatic heterocycles. The van der Waals surface area contributed by atoms with Crippen molar-refractivity contribution in [2.24, 2.45) is 5.73 Å². The highest BCUT2D eigenvalue weighted by atomic mass is 32.2. The van der Waals surface area contributed by atoms with Gasteiger partial charge in [-0.15, -0.1) is 0 Å². The second-order valence-electron chi connectivity index (χ2n) is 3.11. The summed E-state index contributed by atoms with van der Waals surface area (Å²) in [5, 5.41) is 0. The predicted molar refractivity (Wildman–Crippen MR) is 52.8 cm³/mol. The molecule has 0 atom stereocenters. The first-order valence-electron chi connectivity index (χ1n) is 3.93. The number of primary amides is 1. The predicted octanol–water partition coefficient (Wildman–Crippen LogP) is 0.497. The van der Waals surface area contributed by atoms with Gasteiger partial charge in [-0.2, -0.15) is 0 Å². The van der Waals surface area contributed by atoms with E-state index >= 15 is 0 Å². The van der Waals surface area contributed by atoms with E-state index in [1.165, 1.54) is 12.1 Å². The lowest BCUT2D eigenvalue weighted by molar-refractivity contribution is 0.0999. The van der Waals surface area contributed by atoms with Gasteiger partial charge < -0.3 is 5.73 Å². The number of amides is 1. The van der Waals surface area contributed by atoms with Crippen molar-refractivity contribution in [1.29, 1.82) is 0 Å². The molecule has 0 saturated heterocycles. The van der Waals surface area contributed by atoms with Crippen LogP contribution in [0.1, 0.15) is 15.9 Å². The van der Waals surface area contributed by atoms with E-state index in [0.717, 1.165) is 6.26 Å². The monoisotopic (exact) mass is 213 g/mol. The molecule has 0 aliphatic heterocycles. The van der Waals surface area contributed by atoms with Gasteiger partial charge in [-0.3, -0.25) is 4.79 Å². The molecule has 0 aliphatic carbocycles. The molecule has 1 aromatic rings. The molecule has 5 heteroatoms. The molecule has 14 heavy (non-hydrogen) atoms. The zero-order valence-electron chi connectivity index (χ0n) is 7.94. The Kier molecular flexibility index (Phi) is 2.62. The fourth-order valence-corrected chi connectivity index (χ4v) is 1.74. The fraction of sp³-hybridized carbons (Fsp3) is 0.222. The Labute approximate surface area is 82.7 Å². The number of benzene rings is 1. The van der Waals surface area contributed by atoms with E-state index in [2.05, 4.69) is 0 Å². The first-order valence-corrected chi connectivity index (χ1v) is 5.82. The minimum absolute atomic E-state index is 0.108. The minimum atomic E-state index is -3.28. The van der Waals surface area contributed by atoms with Gasteiger partial charge in [-0.25, -0.2) is 8.42 Å². The Bertz CT molecular complexity index is 477. The van der Waals surface area contributed by atoms with Crippen molar-refractivity contribution >= 4 is 15.7 Å². The molecule has 0 aliphatic rings. The largest absolute Gasteiger partial charge is 0.366 e. The Morgan fingerprint density at radius 3 is 2.36 bits per heavy atom. The third-order valence-electron chi connectivity index (χ3n) is 1.90. The first kappa shape index (κ1) is 10.7. The first-order chi connectivity index (χ1) is 6.32. The number of nitrogens with two attached hydrogens (primary N) is 1.